The lowest BCUT2D eigenvalue weighted by atomic mass is 10.1. The van der Waals surface area contributed by atoms with E-state index in [1.165, 1.54) is 11.3 Å². The Hall–Kier alpha value is -1.16. The number of nitrogens with zero attached hydrogens (tertiary/aromatic N) is 2. The molecular weight excluding hydrogens is 244 g/mol. The van der Waals surface area contributed by atoms with Gasteiger partial charge in [-0.15, -0.1) is 0 Å². The van der Waals surface area contributed by atoms with Gasteiger partial charge < -0.3 is 9.80 Å². The first kappa shape index (κ1) is 13.3. The number of carbonyl (C=O) groups is 1. The Morgan fingerprint density at radius 1 is 1.17 bits per heavy atom. The van der Waals surface area contributed by atoms with Crippen LogP contribution in [0, 0.1) is 0 Å². The highest BCUT2D eigenvalue weighted by molar-refractivity contribution is 7.80. The summed E-state index contributed by atoms with van der Waals surface area (Å²) in [5, 5.41) is 0.272. The number of hydrogen-bond acceptors (Lipinski definition) is 3. The number of benzene rings is 1. The molecule has 0 bridgehead atoms. The molecule has 0 radical (unpaired) electrons. The second-order valence-electron chi connectivity index (χ2n) is 4.76. The molecule has 1 aliphatic heterocycles. The van der Waals surface area contributed by atoms with E-state index in [4.69, 9.17) is 0 Å². The molecule has 1 heterocycles. The van der Waals surface area contributed by atoms with Gasteiger partial charge in [-0.05, 0) is 24.6 Å². The van der Waals surface area contributed by atoms with E-state index >= 15 is 0 Å². The molecule has 2 rings (SSSR count). The summed E-state index contributed by atoms with van der Waals surface area (Å²) in [6.45, 7) is 7.17. The van der Waals surface area contributed by atoms with E-state index in [0.717, 1.165) is 26.2 Å². The molecule has 4 heteroatoms. The van der Waals surface area contributed by atoms with E-state index in [2.05, 4.69) is 48.7 Å². The van der Waals surface area contributed by atoms with E-state index < -0.39 is 0 Å². The van der Waals surface area contributed by atoms with Crippen LogP contribution >= 0.6 is 12.6 Å². The van der Waals surface area contributed by atoms with Gasteiger partial charge in [0.25, 0.3) is 0 Å². The Morgan fingerprint density at radius 2 is 1.72 bits per heavy atom. The molecule has 1 fully saturated rings. The molecule has 1 amide bonds. The minimum Gasteiger partial charge on any atom is -0.368 e. The topological polar surface area (TPSA) is 23.6 Å². The van der Waals surface area contributed by atoms with Crippen LogP contribution in [0.4, 0.5) is 5.69 Å². The molecule has 0 N–H and O–H groups in total. The molecule has 0 spiro atoms. The predicted octanol–water partition coefficient (Wildman–Crippen LogP) is 2.35. The molecule has 1 aliphatic rings. The maximum Gasteiger partial charge on any atom is 0.219 e. The van der Waals surface area contributed by atoms with Crippen LogP contribution in [0.15, 0.2) is 24.3 Å². The maximum absolute atomic E-state index is 11.3. The van der Waals surface area contributed by atoms with Gasteiger partial charge >= 0.3 is 0 Å². The summed E-state index contributed by atoms with van der Waals surface area (Å²) in [5.41, 5.74) is 2.47. The zero-order valence-corrected chi connectivity index (χ0v) is 11.9. The summed E-state index contributed by atoms with van der Waals surface area (Å²) >= 11 is 4.43. The van der Waals surface area contributed by atoms with Crippen molar-refractivity contribution < 1.29 is 4.79 Å². The van der Waals surface area contributed by atoms with Gasteiger partial charge in [-0.2, -0.15) is 12.6 Å². The third kappa shape index (κ3) is 2.99. The summed E-state index contributed by atoms with van der Waals surface area (Å²) in [4.78, 5) is 15.5. The van der Waals surface area contributed by atoms with Crippen LogP contribution in [0.3, 0.4) is 0 Å². The fourth-order valence-electron chi connectivity index (χ4n) is 2.24. The summed E-state index contributed by atoms with van der Waals surface area (Å²) in [7, 11) is 0. The molecule has 18 heavy (non-hydrogen) atoms. The molecule has 1 atom stereocenters. The molecule has 1 aromatic rings. The van der Waals surface area contributed by atoms with Crippen LogP contribution in [0.1, 0.15) is 24.7 Å². The number of piperazine rings is 1. The van der Waals surface area contributed by atoms with Crippen LogP contribution in [0.25, 0.3) is 0 Å². The summed E-state index contributed by atoms with van der Waals surface area (Å²) in [6, 6.07) is 8.55. The summed E-state index contributed by atoms with van der Waals surface area (Å²) < 4.78 is 0. The van der Waals surface area contributed by atoms with Crippen LogP contribution in [0.5, 0.6) is 0 Å². The third-order valence-corrected chi connectivity index (χ3v) is 3.76. The number of hydrogen-bond donors (Lipinski definition) is 1. The molecule has 0 aliphatic carbocycles. The van der Waals surface area contributed by atoms with Crippen LogP contribution in [-0.2, 0) is 4.79 Å². The number of anilines is 1. The van der Waals surface area contributed by atoms with Crippen LogP contribution in [0.2, 0.25) is 0 Å². The smallest absolute Gasteiger partial charge is 0.219 e. The van der Waals surface area contributed by atoms with Crippen molar-refractivity contribution in [3.05, 3.63) is 29.8 Å². The molecular formula is C14H20N2OS. The van der Waals surface area contributed by atoms with Gasteiger partial charge in [0.1, 0.15) is 0 Å². The van der Waals surface area contributed by atoms with Gasteiger partial charge in [-0.3, -0.25) is 4.79 Å². The molecule has 1 saturated heterocycles. The lowest BCUT2D eigenvalue weighted by molar-refractivity contribution is -0.129. The lowest BCUT2D eigenvalue weighted by Gasteiger charge is -2.35. The van der Waals surface area contributed by atoms with E-state index in [-0.39, 0.29) is 11.2 Å². The molecule has 1 unspecified atom stereocenters. The zero-order chi connectivity index (χ0) is 13.1. The Kier molecular flexibility index (Phi) is 4.17. The van der Waals surface area contributed by atoms with Crippen molar-refractivity contribution in [1.82, 2.24) is 4.90 Å². The van der Waals surface area contributed by atoms with Crippen molar-refractivity contribution >= 4 is 24.2 Å². The quantitative estimate of drug-likeness (QED) is 0.829. The van der Waals surface area contributed by atoms with E-state index in [0.29, 0.717) is 0 Å². The van der Waals surface area contributed by atoms with Gasteiger partial charge in [0.05, 0.1) is 0 Å². The molecule has 0 aromatic heterocycles. The average molecular weight is 264 g/mol. The minimum atomic E-state index is 0.175. The fourth-order valence-corrected chi connectivity index (χ4v) is 2.42. The first-order valence-corrected chi connectivity index (χ1v) is 6.88. The first-order chi connectivity index (χ1) is 8.58. The second kappa shape index (κ2) is 5.65. The Balaban J connectivity index is 1.99. The molecule has 1 aromatic carbocycles. The highest BCUT2D eigenvalue weighted by Crippen LogP contribution is 2.23. The van der Waals surface area contributed by atoms with Crippen molar-refractivity contribution in [2.45, 2.75) is 19.1 Å². The number of rotatable bonds is 2. The van der Waals surface area contributed by atoms with Crippen molar-refractivity contribution in [3.63, 3.8) is 0 Å². The summed E-state index contributed by atoms with van der Waals surface area (Å²) in [6.07, 6.45) is 0. The second-order valence-corrected chi connectivity index (χ2v) is 5.54. The normalized spacial score (nSPS) is 17.7. The third-order valence-electron chi connectivity index (χ3n) is 3.47. The van der Waals surface area contributed by atoms with Gasteiger partial charge in [0.2, 0.25) is 5.91 Å². The average Bonchev–Trinajstić information content (AvgIpc) is 2.39. The monoisotopic (exact) mass is 264 g/mol. The Morgan fingerprint density at radius 3 is 2.17 bits per heavy atom. The van der Waals surface area contributed by atoms with Crippen molar-refractivity contribution in [2.75, 3.05) is 31.1 Å². The fraction of sp³-hybridized carbons (Fsp3) is 0.500. The maximum atomic E-state index is 11.3. The highest BCUT2D eigenvalue weighted by Gasteiger charge is 2.18. The SMILES string of the molecule is CC(=O)N1CCN(c2ccc(C(C)S)cc2)CC1. The number of carbonyl (C=O) groups excluding carboxylic acids is 1. The largest absolute Gasteiger partial charge is 0.368 e. The van der Waals surface area contributed by atoms with Gasteiger partial charge in [-0.25, -0.2) is 0 Å². The van der Waals surface area contributed by atoms with Crippen LogP contribution in [-0.4, -0.2) is 37.0 Å². The van der Waals surface area contributed by atoms with E-state index in [1.807, 2.05) is 4.90 Å². The van der Waals surface area contributed by atoms with Crippen LogP contribution < -0.4 is 4.90 Å². The summed E-state index contributed by atoms with van der Waals surface area (Å²) in [5.74, 6) is 0.175. The number of amides is 1. The van der Waals surface area contributed by atoms with Crippen molar-refractivity contribution in [2.24, 2.45) is 0 Å². The Labute approximate surface area is 114 Å². The van der Waals surface area contributed by atoms with Crippen molar-refractivity contribution in [1.29, 1.82) is 0 Å². The first-order valence-electron chi connectivity index (χ1n) is 6.36. The van der Waals surface area contributed by atoms with Gasteiger partial charge in [-0.1, -0.05) is 12.1 Å². The van der Waals surface area contributed by atoms with E-state index in [9.17, 15) is 4.79 Å². The lowest BCUT2D eigenvalue weighted by Crippen LogP contribution is -2.48. The minimum absolute atomic E-state index is 0.175. The van der Waals surface area contributed by atoms with Gasteiger partial charge in [0.15, 0.2) is 0 Å². The van der Waals surface area contributed by atoms with E-state index in [1.54, 1.807) is 6.92 Å². The number of thiol groups is 1. The standard InChI is InChI=1S/C14H20N2OS/c1-11(18)13-3-5-14(6-4-13)16-9-7-15(8-10-16)12(2)17/h3-6,11,18H,7-10H2,1-2H3. The highest BCUT2D eigenvalue weighted by atomic mass is 32.1. The zero-order valence-electron chi connectivity index (χ0n) is 11.0. The molecule has 0 saturated carbocycles. The van der Waals surface area contributed by atoms with Crippen molar-refractivity contribution in [3.8, 4) is 0 Å². The molecule has 98 valence electrons. The Bertz CT molecular complexity index is 408. The van der Waals surface area contributed by atoms with Gasteiger partial charge in [0, 0.05) is 44.0 Å². The predicted molar refractivity (Wildman–Crippen MR) is 78.3 cm³/mol. The molecule has 3 nitrogen and oxygen atoms in total.